The standard InChI is InChI=1S/C26H34N2O4S/c1-18(2)25(30)27-23-20-6-4-5-7-21(20)26(24(23)32-14-13-31-3)9-11-28(12-10-26)22(29)16-19-8-15-33-17-19/h4-8,15,17-18,23-24H,9-14,16H2,1-3H3,(H,27,30)/t23-,24+/m1/s1. The molecule has 33 heavy (non-hydrogen) atoms. The van der Waals surface area contributed by atoms with Crippen molar-refractivity contribution < 1.29 is 19.1 Å². The Morgan fingerprint density at radius 2 is 1.94 bits per heavy atom. The highest BCUT2D eigenvalue weighted by Gasteiger charge is 2.54. The first kappa shape index (κ1) is 23.9. The van der Waals surface area contributed by atoms with E-state index in [1.165, 1.54) is 5.56 Å². The van der Waals surface area contributed by atoms with Gasteiger partial charge >= 0.3 is 0 Å². The van der Waals surface area contributed by atoms with Gasteiger partial charge in [0.05, 0.1) is 31.8 Å². The summed E-state index contributed by atoms with van der Waals surface area (Å²) in [5.41, 5.74) is 3.21. The van der Waals surface area contributed by atoms with Crippen LogP contribution in [0.25, 0.3) is 0 Å². The molecule has 1 aromatic carbocycles. The van der Waals surface area contributed by atoms with E-state index in [1.807, 2.05) is 41.6 Å². The first-order valence-corrected chi connectivity index (χ1v) is 12.7. The molecule has 0 saturated carbocycles. The molecular weight excluding hydrogens is 436 g/mol. The summed E-state index contributed by atoms with van der Waals surface area (Å²) in [5.74, 6) is 0.0940. The van der Waals surface area contributed by atoms with Crippen LogP contribution >= 0.6 is 11.3 Å². The smallest absolute Gasteiger partial charge is 0.227 e. The number of nitrogens with zero attached hydrogens (tertiary/aromatic N) is 1. The van der Waals surface area contributed by atoms with Crippen LogP contribution in [0, 0.1) is 5.92 Å². The van der Waals surface area contributed by atoms with E-state index < -0.39 is 0 Å². The monoisotopic (exact) mass is 470 g/mol. The number of ether oxygens (including phenoxy) is 2. The Morgan fingerprint density at radius 1 is 1.18 bits per heavy atom. The molecule has 1 fully saturated rings. The first-order chi connectivity index (χ1) is 16.0. The summed E-state index contributed by atoms with van der Waals surface area (Å²) in [6, 6.07) is 10.2. The van der Waals surface area contributed by atoms with Gasteiger partial charge in [0.25, 0.3) is 0 Å². The second-order valence-electron chi connectivity index (χ2n) is 9.36. The number of hydrogen-bond acceptors (Lipinski definition) is 5. The molecule has 1 aromatic heterocycles. The van der Waals surface area contributed by atoms with Crippen molar-refractivity contribution in [2.24, 2.45) is 5.92 Å². The third-order valence-corrected chi connectivity index (χ3v) is 7.76. The normalized spacial score (nSPS) is 21.4. The molecular formula is C26H34N2O4S. The van der Waals surface area contributed by atoms with Crippen LogP contribution in [0.2, 0.25) is 0 Å². The van der Waals surface area contributed by atoms with E-state index in [9.17, 15) is 9.59 Å². The first-order valence-electron chi connectivity index (χ1n) is 11.8. The summed E-state index contributed by atoms with van der Waals surface area (Å²) in [6.07, 6.45) is 1.88. The van der Waals surface area contributed by atoms with Crippen LogP contribution in [0.5, 0.6) is 0 Å². The van der Waals surface area contributed by atoms with E-state index in [0.29, 0.717) is 32.7 Å². The summed E-state index contributed by atoms with van der Waals surface area (Å²) < 4.78 is 11.7. The average molecular weight is 471 g/mol. The van der Waals surface area contributed by atoms with E-state index >= 15 is 0 Å². The molecule has 1 N–H and O–H groups in total. The second-order valence-corrected chi connectivity index (χ2v) is 10.1. The van der Waals surface area contributed by atoms with Crippen LogP contribution in [-0.2, 0) is 30.9 Å². The lowest BCUT2D eigenvalue weighted by Crippen LogP contribution is -2.52. The predicted octanol–water partition coefficient (Wildman–Crippen LogP) is 3.71. The third-order valence-electron chi connectivity index (χ3n) is 7.03. The molecule has 2 amide bonds. The average Bonchev–Trinajstić information content (AvgIpc) is 3.41. The molecule has 2 aromatic rings. The van der Waals surface area contributed by atoms with Crippen molar-refractivity contribution in [2.75, 3.05) is 33.4 Å². The van der Waals surface area contributed by atoms with Crippen LogP contribution in [0.1, 0.15) is 49.4 Å². The lowest BCUT2D eigenvalue weighted by atomic mass is 9.71. The van der Waals surface area contributed by atoms with Gasteiger partial charge in [-0.25, -0.2) is 0 Å². The Hall–Kier alpha value is -2.22. The molecule has 2 aliphatic rings. The highest BCUT2D eigenvalue weighted by atomic mass is 32.1. The lowest BCUT2D eigenvalue weighted by Gasteiger charge is -2.44. The molecule has 1 spiro atoms. The van der Waals surface area contributed by atoms with Crippen LogP contribution < -0.4 is 5.32 Å². The fourth-order valence-corrected chi connectivity index (χ4v) is 5.90. The van der Waals surface area contributed by atoms with Gasteiger partial charge in [0.2, 0.25) is 11.8 Å². The van der Waals surface area contributed by atoms with Crippen molar-refractivity contribution in [3.05, 3.63) is 57.8 Å². The van der Waals surface area contributed by atoms with Crippen molar-refractivity contribution in [3.63, 3.8) is 0 Å². The fourth-order valence-electron chi connectivity index (χ4n) is 5.23. The predicted molar refractivity (Wildman–Crippen MR) is 129 cm³/mol. The Labute approximate surface area is 200 Å². The molecule has 7 heteroatoms. The van der Waals surface area contributed by atoms with Crippen molar-refractivity contribution >= 4 is 23.2 Å². The quantitative estimate of drug-likeness (QED) is 0.598. The number of fused-ring (bicyclic) bond motifs is 2. The number of hydrogen-bond donors (Lipinski definition) is 1. The highest BCUT2D eigenvalue weighted by molar-refractivity contribution is 7.08. The topological polar surface area (TPSA) is 67.9 Å². The van der Waals surface area contributed by atoms with Gasteiger partial charge in [-0.05, 0) is 46.4 Å². The molecule has 178 valence electrons. The Bertz CT molecular complexity index is 951. The van der Waals surface area contributed by atoms with Gasteiger partial charge < -0.3 is 19.7 Å². The van der Waals surface area contributed by atoms with Crippen molar-refractivity contribution in [1.29, 1.82) is 0 Å². The highest BCUT2D eigenvalue weighted by Crippen LogP contribution is 2.52. The van der Waals surface area contributed by atoms with Gasteiger partial charge in [-0.1, -0.05) is 38.1 Å². The zero-order valence-corrected chi connectivity index (χ0v) is 20.5. The Balaban J connectivity index is 1.58. The molecule has 2 heterocycles. The number of benzene rings is 1. The van der Waals surface area contributed by atoms with E-state index in [1.54, 1.807) is 18.4 Å². The number of piperidine rings is 1. The van der Waals surface area contributed by atoms with Crippen molar-refractivity contribution in [3.8, 4) is 0 Å². The van der Waals surface area contributed by atoms with E-state index in [2.05, 4.69) is 23.5 Å². The minimum absolute atomic E-state index is 0.0237. The van der Waals surface area contributed by atoms with Crippen LogP contribution in [0.4, 0.5) is 0 Å². The van der Waals surface area contributed by atoms with Crippen LogP contribution in [0.3, 0.4) is 0 Å². The number of amides is 2. The summed E-state index contributed by atoms with van der Waals surface area (Å²) in [6.45, 7) is 6.15. The van der Waals surface area contributed by atoms with Crippen molar-refractivity contribution in [1.82, 2.24) is 10.2 Å². The molecule has 2 atom stereocenters. The number of nitrogens with one attached hydrogen (secondary N) is 1. The maximum Gasteiger partial charge on any atom is 0.227 e. The molecule has 1 aliphatic carbocycles. The number of methoxy groups -OCH3 is 1. The van der Waals surface area contributed by atoms with E-state index in [4.69, 9.17) is 9.47 Å². The van der Waals surface area contributed by atoms with Crippen LogP contribution in [0.15, 0.2) is 41.1 Å². The zero-order valence-electron chi connectivity index (χ0n) is 19.7. The summed E-state index contributed by atoms with van der Waals surface area (Å²) >= 11 is 1.62. The number of carbonyl (C=O) groups is 2. The summed E-state index contributed by atoms with van der Waals surface area (Å²) in [4.78, 5) is 27.6. The number of carbonyl (C=O) groups excluding carboxylic acids is 2. The van der Waals surface area contributed by atoms with Gasteiger partial charge in [0, 0.05) is 31.5 Å². The Kier molecular flexibility index (Phi) is 7.51. The zero-order chi connectivity index (χ0) is 23.4. The molecule has 0 radical (unpaired) electrons. The minimum Gasteiger partial charge on any atom is -0.382 e. The maximum absolute atomic E-state index is 12.9. The second kappa shape index (κ2) is 10.4. The fraction of sp³-hybridized carbons (Fsp3) is 0.538. The maximum atomic E-state index is 12.9. The molecule has 4 rings (SSSR count). The Morgan fingerprint density at radius 3 is 2.61 bits per heavy atom. The molecule has 1 aliphatic heterocycles. The van der Waals surface area contributed by atoms with Crippen molar-refractivity contribution in [2.45, 2.75) is 50.7 Å². The molecule has 0 unspecified atom stereocenters. The number of rotatable bonds is 8. The summed E-state index contributed by atoms with van der Waals surface area (Å²) in [7, 11) is 1.66. The van der Waals surface area contributed by atoms with Gasteiger partial charge in [0.1, 0.15) is 0 Å². The van der Waals surface area contributed by atoms with E-state index in [0.717, 1.165) is 24.0 Å². The number of likely N-dealkylation sites (tertiary alicyclic amines) is 1. The number of thiophene rings is 1. The minimum atomic E-state index is -0.238. The van der Waals surface area contributed by atoms with Gasteiger partial charge in [-0.15, -0.1) is 0 Å². The van der Waals surface area contributed by atoms with Gasteiger partial charge in [-0.2, -0.15) is 11.3 Å². The lowest BCUT2D eigenvalue weighted by molar-refractivity contribution is -0.134. The van der Waals surface area contributed by atoms with Gasteiger partial charge in [0.15, 0.2) is 0 Å². The summed E-state index contributed by atoms with van der Waals surface area (Å²) in [5, 5.41) is 7.31. The largest absolute Gasteiger partial charge is 0.382 e. The van der Waals surface area contributed by atoms with Gasteiger partial charge in [-0.3, -0.25) is 9.59 Å². The molecule has 1 saturated heterocycles. The molecule has 6 nitrogen and oxygen atoms in total. The van der Waals surface area contributed by atoms with E-state index in [-0.39, 0.29) is 35.3 Å². The SMILES string of the molecule is COCCO[C@H]1[C@H](NC(=O)C(C)C)c2ccccc2C12CCN(C(=O)Cc1ccsc1)CC2. The third kappa shape index (κ3) is 4.86. The molecule has 0 bridgehead atoms. The van der Waals surface area contributed by atoms with Crippen LogP contribution in [-0.4, -0.2) is 56.2 Å².